The summed E-state index contributed by atoms with van der Waals surface area (Å²) in [5, 5.41) is 3.45. The number of alkyl halides is 3. The van der Waals surface area contributed by atoms with Crippen LogP contribution in [0.5, 0.6) is 0 Å². The van der Waals surface area contributed by atoms with Crippen LogP contribution in [0.15, 0.2) is 48.8 Å². The number of hydrogen-bond donors (Lipinski definition) is 1. The molecule has 1 unspecified atom stereocenters. The molecular weight excluding hydrogens is 365 g/mol. The second-order valence-electron chi connectivity index (χ2n) is 7.38. The van der Waals surface area contributed by atoms with Gasteiger partial charge in [0.2, 0.25) is 0 Å². The van der Waals surface area contributed by atoms with Crippen LogP contribution in [0.2, 0.25) is 0 Å². The van der Waals surface area contributed by atoms with Crippen LogP contribution in [0.4, 0.5) is 24.5 Å². The van der Waals surface area contributed by atoms with Crippen molar-refractivity contribution in [1.82, 2.24) is 10.3 Å². The molecule has 1 saturated heterocycles. The predicted octanol–water partition coefficient (Wildman–Crippen LogP) is 4.18. The highest BCUT2D eigenvalue weighted by atomic mass is 19.4. The fraction of sp³-hybridized carbons (Fsp3) is 0.476. The average Bonchev–Trinajstić information content (AvgIpc) is 2.68. The van der Waals surface area contributed by atoms with E-state index in [0.717, 1.165) is 56.1 Å². The number of nitrogens with one attached hydrogen (secondary N) is 1. The van der Waals surface area contributed by atoms with Crippen molar-refractivity contribution >= 4 is 11.4 Å². The number of benzene rings is 1. The minimum Gasteiger partial charge on any atom is -0.369 e. The lowest BCUT2D eigenvalue weighted by atomic mass is 10.1. The topological polar surface area (TPSA) is 31.4 Å². The maximum atomic E-state index is 12.8. The van der Waals surface area contributed by atoms with E-state index >= 15 is 0 Å². The van der Waals surface area contributed by atoms with Crippen LogP contribution in [0.1, 0.15) is 25.8 Å². The van der Waals surface area contributed by atoms with Crippen LogP contribution < -0.4 is 15.1 Å². The maximum Gasteiger partial charge on any atom is 0.416 e. The van der Waals surface area contributed by atoms with Gasteiger partial charge in [-0.2, -0.15) is 13.2 Å². The zero-order chi connectivity index (χ0) is 20.1. The summed E-state index contributed by atoms with van der Waals surface area (Å²) in [7, 11) is 0. The summed E-state index contributed by atoms with van der Waals surface area (Å²) >= 11 is 0. The van der Waals surface area contributed by atoms with Crippen molar-refractivity contribution in [2.45, 2.75) is 38.5 Å². The van der Waals surface area contributed by atoms with Gasteiger partial charge in [0, 0.05) is 62.0 Å². The molecule has 1 aliphatic rings. The van der Waals surface area contributed by atoms with Crippen molar-refractivity contribution in [1.29, 1.82) is 0 Å². The lowest BCUT2D eigenvalue weighted by Crippen LogP contribution is -2.52. The van der Waals surface area contributed by atoms with Crippen molar-refractivity contribution < 1.29 is 13.2 Å². The molecule has 1 aromatic heterocycles. The lowest BCUT2D eigenvalue weighted by Gasteiger charge is -2.40. The van der Waals surface area contributed by atoms with Gasteiger partial charge >= 0.3 is 6.18 Å². The van der Waals surface area contributed by atoms with Crippen LogP contribution in [-0.2, 0) is 6.18 Å². The second-order valence-corrected chi connectivity index (χ2v) is 7.38. The average molecular weight is 392 g/mol. The molecule has 0 saturated carbocycles. The Hall–Kier alpha value is -2.28. The first kappa shape index (κ1) is 20.5. The molecule has 3 rings (SSSR count). The number of pyridine rings is 1. The van der Waals surface area contributed by atoms with E-state index in [0.29, 0.717) is 6.04 Å². The van der Waals surface area contributed by atoms with Crippen molar-refractivity contribution in [3.8, 4) is 0 Å². The first-order valence-electron chi connectivity index (χ1n) is 9.67. The monoisotopic (exact) mass is 392 g/mol. The van der Waals surface area contributed by atoms with Crippen molar-refractivity contribution in [3.05, 3.63) is 54.4 Å². The third kappa shape index (κ3) is 4.95. The fourth-order valence-corrected chi connectivity index (χ4v) is 3.71. The molecule has 1 fully saturated rings. The summed E-state index contributed by atoms with van der Waals surface area (Å²) in [6.07, 6.45) is 0.211. The number of hydrogen-bond acceptors (Lipinski definition) is 4. The van der Waals surface area contributed by atoms with E-state index < -0.39 is 11.7 Å². The number of nitrogens with zero attached hydrogens (tertiary/aromatic N) is 3. The van der Waals surface area contributed by atoms with Crippen LogP contribution in [0.25, 0.3) is 0 Å². The molecule has 7 heteroatoms. The molecule has 1 atom stereocenters. The quantitative estimate of drug-likeness (QED) is 0.799. The lowest BCUT2D eigenvalue weighted by molar-refractivity contribution is -0.137. The highest BCUT2D eigenvalue weighted by Gasteiger charge is 2.30. The molecule has 0 bridgehead atoms. The van der Waals surface area contributed by atoms with Gasteiger partial charge in [0.15, 0.2) is 0 Å². The van der Waals surface area contributed by atoms with Gasteiger partial charge in [-0.15, -0.1) is 0 Å². The summed E-state index contributed by atoms with van der Waals surface area (Å²) in [6.45, 7) is 7.66. The number of anilines is 2. The standard InChI is InChI=1S/C21H27F3N4/c1-16(2)27(18-5-3-17(4-6-18)21(22,23)24)13-9-20-15-26-12-14-28(20)19-7-10-25-11-8-19/h3-8,10-11,16,20,26H,9,12-15H2,1-2H3. The molecule has 0 spiro atoms. The number of piperazine rings is 1. The summed E-state index contributed by atoms with van der Waals surface area (Å²) in [5.41, 5.74) is 1.37. The highest BCUT2D eigenvalue weighted by Crippen LogP contribution is 2.31. The van der Waals surface area contributed by atoms with E-state index in [2.05, 4.69) is 33.9 Å². The molecule has 0 aliphatic carbocycles. The minimum atomic E-state index is -4.31. The molecule has 4 nitrogen and oxygen atoms in total. The summed E-state index contributed by atoms with van der Waals surface area (Å²) in [6, 6.07) is 10.0. The molecule has 2 heterocycles. The van der Waals surface area contributed by atoms with Gasteiger partial charge in [-0.1, -0.05) is 0 Å². The van der Waals surface area contributed by atoms with Crippen LogP contribution in [-0.4, -0.2) is 43.2 Å². The summed E-state index contributed by atoms with van der Waals surface area (Å²) in [4.78, 5) is 8.65. The van der Waals surface area contributed by atoms with E-state index in [1.54, 1.807) is 24.5 Å². The minimum absolute atomic E-state index is 0.197. The van der Waals surface area contributed by atoms with Crippen molar-refractivity contribution in [2.24, 2.45) is 0 Å². The van der Waals surface area contributed by atoms with Gasteiger partial charge in [0.1, 0.15) is 0 Å². The summed E-state index contributed by atoms with van der Waals surface area (Å²) < 4.78 is 38.5. The smallest absolute Gasteiger partial charge is 0.369 e. The highest BCUT2D eigenvalue weighted by molar-refractivity contribution is 5.49. The molecule has 1 aliphatic heterocycles. The molecule has 2 aromatic rings. The van der Waals surface area contributed by atoms with Gasteiger partial charge in [0.25, 0.3) is 0 Å². The molecule has 1 aromatic carbocycles. The first-order chi connectivity index (χ1) is 13.4. The Morgan fingerprint density at radius 2 is 1.82 bits per heavy atom. The van der Waals surface area contributed by atoms with E-state index in [1.807, 2.05) is 12.1 Å². The van der Waals surface area contributed by atoms with E-state index in [4.69, 9.17) is 0 Å². The Morgan fingerprint density at radius 3 is 2.43 bits per heavy atom. The Morgan fingerprint density at radius 1 is 1.14 bits per heavy atom. The van der Waals surface area contributed by atoms with Crippen molar-refractivity contribution in [3.63, 3.8) is 0 Å². The van der Waals surface area contributed by atoms with Gasteiger partial charge in [-0.25, -0.2) is 0 Å². The first-order valence-corrected chi connectivity index (χ1v) is 9.67. The molecule has 1 N–H and O–H groups in total. The number of aromatic nitrogens is 1. The fourth-order valence-electron chi connectivity index (χ4n) is 3.71. The van der Waals surface area contributed by atoms with Gasteiger partial charge in [0.05, 0.1) is 5.56 Å². The molecule has 28 heavy (non-hydrogen) atoms. The third-order valence-corrected chi connectivity index (χ3v) is 5.20. The zero-order valence-electron chi connectivity index (χ0n) is 16.3. The Bertz CT molecular complexity index is 732. The van der Waals surface area contributed by atoms with E-state index in [9.17, 15) is 13.2 Å². The second kappa shape index (κ2) is 8.82. The Kier molecular flexibility index (Phi) is 6.44. The third-order valence-electron chi connectivity index (χ3n) is 5.20. The van der Waals surface area contributed by atoms with Crippen LogP contribution in [0, 0.1) is 0 Å². The van der Waals surface area contributed by atoms with Gasteiger partial charge < -0.3 is 15.1 Å². The predicted molar refractivity (Wildman–Crippen MR) is 107 cm³/mol. The molecular formula is C21H27F3N4. The normalized spacial score (nSPS) is 17.8. The molecule has 0 radical (unpaired) electrons. The Labute approximate surface area is 164 Å². The maximum absolute atomic E-state index is 12.8. The largest absolute Gasteiger partial charge is 0.416 e. The van der Waals surface area contributed by atoms with Crippen LogP contribution >= 0.6 is 0 Å². The van der Waals surface area contributed by atoms with E-state index in [1.165, 1.54) is 0 Å². The molecule has 0 amide bonds. The SMILES string of the molecule is CC(C)N(CCC1CNCCN1c1ccncc1)c1ccc(C(F)(F)F)cc1. The number of rotatable bonds is 6. The number of halogens is 3. The van der Waals surface area contributed by atoms with Gasteiger partial charge in [-0.3, -0.25) is 4.98 Å². The van der Waals surface area contributed by atoms with E-state index in [-0.39, 0.29) is 6.04 Å². The zero-order valence-corrected chi connectivity index (χ0v) is 16.3. The Balaban J connectivity index is 1.70. The van der Waals surface area contributed by atoms with Crippen LogP contribution in [0.3, 0.4) is 0 Å². The summed E-state index contributed by atoms with van der Waals surface area (Å²) in [5.74, 6) is 0. The van der Waals surface area contributed by atoms with Gasteiger partial charge in [-0.05, 0) is 56.7 Å². The molecule has 152 valence electrons. The van der Waals surface area contributed by atoms with Crippen molar-refractivity contribution in [2.75, 3.05) is 36.0 Å².